The minimum atomic E-state index is -0.0296. The molecule has 0 aliphatic carbocycles. The standard InChI is InChI=1S/C15H21N5O2/c21-13-3-1-8-19(13)10-7-16-14(22)12-4-9-20(11-12)15-17-5-2-6-18-15/h2,5-6,12H,1,3-4,7-11H2,(H,16,22)/t12-/m0/s1. The second-order valence-corrected chi connectivity index (χ2v) is 5.76. The molecule has 3 rings (SSSR count). The van der Waals surface area contributed by atoms with E-state index in [9.17, 15) is 9.59 Å². The third-order valence-corrected chi connectivity index (χ3v) is 4.25. The maximum Gasteiger partial charge on any atom is 0.225 e. The minimum Gasteiger partial charge on any atom is -0.354 e. The zero-order valence-electron chi connectivity index (χ0n) is 12.6. The van der Waals surface area contributed by atoms with E-state index in [2.05, 4.69) is 15.3 Å². The molecule has 2 saturated heterocycles. The van der Waals surface area contributed by atoms with Crippen LogP contribution in [-0.2, 0) is 9.59 Å². The normalized spacial score (nSPS) is 21.5. The van der Waals surface area contributed by atoms with Gasteiger partial charge in [-0.25, -0.2) is 9.97 Å². The van der Waals surface area contributed by atoms with Gasteiger partial charge >= 0.3 is 0 Å². The van der Waals surface area contributed by atoms with Crippen molar-refractivity contribution >= 4 is 17.8 Å². The molecule has 1 aromatic heterocycles. The van der Waals surface area contributed by atoms with E-state index in [4.69, 9.17) is 0 Å². The first-order chi connectivity index (χ1) is 10.7. The Balaban J connectivity index is 1.42. The van der Waals surface area contributed by atoms with E-state index in [1.807, 2.05) is 9.80 Å². The van der Waals surface area contributed by atoms with Gasteiger partial charge in [-0.3, -0.25) is 9.59 Å². The molecule has 0 bridgehead atoms. The first-order valence-electron chi connectivity index (χ1n) is 7.81. The first-order valence-corrected chi connectivity index (χ1v) is 7.81. The lowest BCUT2D eigenvalue weighted by Crippen LogP contribution is -2.39. The Hall–Kier alpha value is -2.18. The molecule has 1 atom stereocenters. The third kappa shape index (κ3) is 3.35. The summed E-state index contributed by atoms with van der Waals surface area (Å²) in [5.41, 5.74) is 0. The van der Waals surface area contributed by atoms with Crippen molar-refractivity contribution in [1.29, 1.82) is 0 Å². The maximum atomic E-state index is 12.2. The van der Waals surface area contributed by atoms with Crippen LogP contribution in [0.3, 0.4) is 0 Å². The van der Waals surface area contributed by atoms with Gasteiger partial charge in [0.05, 0.1) is 5.92 Å². The molecular weight excluding hydrogens is 282 g/mol. The van der Waals surface area contributed by atoms with Crippen LogP contribution in [0.15, 0.2) is 18.5 Å². The SMILES string of the molecule is O=C(NCCN1CCCC1=O)[C@H]1CCN(c2ncccn2)C1. The number of aromatic nitrogens is 2. The van der Waals surface area contributed by atoms with Gasteiger partial charge in [-0.2, -0.15) is 0 Å². The lowest BCUT2D eigenvalue weighted by Gasteiger charge is -2.18. The second kappa shape index (κ2) is 6.72. The number of nitrogens with zero attached hydrogens (tertiary/aromatic N) is 4. The fourth-order valence-electron chi connectivity index (χ4n) is 3.01. The number of anilines is 1. The number of carbonyl (C=O) groups is 2. The largest absolute Gasteiger partial charge is 0.354 e. The highest BCUT2D eigenvalue weighted by molar-refractivity contribution is 5.80. The van der Waals surface area contributed by atoms with Crippen LogP contribution in [0.25, 0.3) is 0 Å². The lowest BCUT2D eigenvalue weighted by atomic mass is 10.1. The molecule has 0 radical (unpaired) electrons. The van der Waals surface area contributed by atoms with Crippen molar-refractivity contribution in [1.82, 2.24) is 20.2 Å². The van der Waals surface area contributed by atoms with Crippen LogP contribution in [0.2, 0.25) is 0 Å². The first kappa shape index (κ1) is 14.7. The Morgan fingerprint density at radius 3 is 2.86 bits per heavy atom. The number of likely N-dealkylation sites (tertiary alicyclic amines) is 1. The number of amides is 2. The molecule has 0 saturated carbocycles. The van der Waals surface area contributed by atoms with Crippen LogP contribution in [0.4, 0.5) is 5.95 Å². The van der Waals surface area contributed by atoms with Gasteiger partial charge < -0.3 is 15.1 Å². The van der Waals surface area contributed by atoms with Crippen molar-refractivity contribution < 1.29 is 9.59 Å². The Morgan fingerprint density at radius 2 is 2.14 bits per heavy atom. The molecule has 3 heterocycles. The predicted molar refractivity (Wildman–Crippen MR) is 81.2 cm³/mol. The highest BCUT2D eigenvalue weighted by atomic mass is 16.2. The molecule has 0 spiro atoms. The summed E-state index contributed by atoms with van der Waals surface area (Å²) in [5, 5.41) is 2.94. The van der Waals surface area contributed by atoms with E-state index >= 15 is 0 Å². The van der Waals surface area contributed by atoms with Gasteiger partial charge in [-0.15, -0.1) is 0 Å². The predicted octanol–water partition coefficient (Wildman–Crippen LogP) is 0.0415. The van der Waals surface area contributed by atoms with Crippen molar-refractivity contribution in [2.75, 3.05) is 37.6 Å². The van der Waals surface area contributed by atoms with E-state index in [-0.39, 0.29) is 17.7 Å². The molecule has 0 unspecified atom stereocenters. The van der Waals surface area contributed by atoms with E-state index < -0.39 is 0 Å². The fourth-order valence-corrected chi connectivity index (χ4v) is 3.01. The average molecular weight is 303 g/mol. The van der Waals surface area contributed by atoms with Gasteiger partial charge in [0, 0.05) is 51.5 Å². The Labute approximate surface area is 129 Å². The van der Waals surface area contributed by atoms with Gasteiger partial charge in [0.2, 0.25) is 17.8 Å². The zero-order chi connectivity index (χ0) is 15.4. The van der Waals surface area contributed by atoms with Crippen LogP contribution in [0, 0.1) is 5.92 Å². The molecule has 118 valence electrons. The number of hydrogen-bond donors (Lipinski definition) is 1. The molecule has 2 fully saturated rings. The molecule has 2 amide bonds. The van der Waals surface area contributed by atoms with Crippen LogP contribution < -0.4 is 10.2 Å². The smallest absolute Gasteiger partial charge is 0.225 e. The van der Waals surface area contributed by atoms with Crippen LogP contribution in [0.1, 0.15) is 19.3 Å². The van der Waals surface area contributed by atoms with Crippen molar-refractivity contribution in [2.24, 2.45) is 5.92 Å². The summed E-state index contributed by atoms with van der Waals surface area (Å²) in [6.45, 7) is 3.41. The van der Waals surface area contributed by atoms with Gasteiger partial charge in [0.1, 0.15) is 0 Å². The van der Waals surface area contributed by atoms with Gasteiger partial charge in [0.15, 0.2) is 0 Å². The fraction of sp³-hybridized carbons (Fsp3) is 0.600. The van der Waals surface area contributed by atoms with E-state index in [1.54, 1.807) is 18.5 Å². The molecule has 1 N–H and O–H groups in total. The van der Waals surface area contributed by atoms with E-state index in [1.165, 1.54) is 0 Å². The highest BCUT2D eigenvalue weighted by Gasteiger charge is 2.29. The molecule has 2 aliphatic heterocycles. The number of hydrogen-bond acceptors (Lipinski definition) is 5. The van der Waals surface area contributed by atoms with Crippen molar-refractivity contribution in [3.8, 4) is 0 Å². The van der Waals surface area contributed by atoms with Crippen LogP contribution in [-0.4, -0.2) is 59.4 Å². The second-order valence-electron chi connectivity index (χ2n) is 5.76. The summed E-state index contributed by atoms with van der Waals surface area (Å²) in [6.07, 6.45) is 5.81. The van der Waals surface area contributed by atoms with Gasteiger partial charge in [0.25, 0.3) is 0 Å². The van der Waals surface area contributed by atoms with Crippen LogP contribution in [0.5, 0.6) is 0 Å². The zero-order valence-corrected chi connectivity index (χ0v) is 12.6. The molecule has 22 heavy (non-hydrogen) atoms. The number of carbonyl (C=O) groups excluding carboxylic acids is 2. The number of nitrogens with one attached hydrogen (secondary N) is 1. The lowest BCUT2D eigenvalue weighted by molar-refractivity contribution is -0.129. The average Bonchev–Trinajstić information content (AvgIpc) is 3.18. The highest BCUT2D eigenvalue weighted by Crippen LogP contribution is 2.20. The molecule has 7 heteroatoms. The summed E-state index contributed by atoms with van der Waals surface area (Å²) in [7, 11) is 0. The Kier molecular flexibility index (Phi) is 4.50. The molecular formula is C15H21N5O2. The third-order valence-electron chi connectivity index (χ3n) is 4.25. The maximum absolute atomic E-state index is 12.2. The van der Waals surface area contributed by atoms with E-state index in [0.29, 0.717) is 32.0 Å². The quantitative estimate of drug-likeness (QED) is 0.831. The molecule has 2 aliphatic rings. The Morgan fingerprint density at radius 1 is 1.32 bits per heavy atom. The summed E-state index contributed by atoms with van der Waals surface area (Å²) in [4.78, 5) is 36.0. The molecule has 7 nitrogen and oxygen atoms in total. The van der Waals surface area contributed by atoms with Crippen molar-refractivity contribution in [3.63, 3.8) is 0 Å². The molecule has 1 aromatic rings. The minimum absolute atomic E-state index is 0.0296. The summed E-state index contributed by atoms with van der Waals surface area (Å²) < 4.78 is 0. The van der Waals surface area contributed by atoms with E-state index in [0.717, 1.165) is 25.9 Å². The number of rotatable bonds is 5. The Bertz CT molecular complexity index is 536. The topological polar surface area (TPSA) is 78.4 Å². The van der Waals surface area contributed by atoms with Crippen molar-refractivity contribution in [2.45, 2.75) is 19.3 Å². The summed E-state index contributed by atoms with van der Waals surface area (Å²) >= 11 is 0. The summed E-state index contributed by atoms with van der Waals surface area (Å²) in [5.74, 6) is 0.908. The van der Waals surface area contributed by atoms with Crippen molar-refractivity contribution in [3.05, 3.63) is 18.5 Å². The summed E-state index contributed by atoms with van der Waals surface area (Å²) in [6, 6.07) is 1.78. The van der Waals surface area contributed by atoms with Crippen LogP contribution >= 0.6 is 0 Å². The van der Waals surface area contributed by atoms with Gasteiger partial charge in [-0.05, 0) is 18.9 Å². The monoisotopic (exact) mass is 303 g/mol. The molecule has 0 aromatic carbocycles. The van der Waals surface area contributed by atoms with Gasteiger partial charge in [-0.1, -0.05) is 0 Å².